The summed E-state index contributed by atoms with van der Waals surface area (Å²) in [7, 11) is 9.85. The second-order valence-corrected chi connectivity index (χ2v) is 16.8. The SMILES string of the molecule is COc1ccc(-c2c(-c3ccc(Cl)c(Cl)c3)c(-c3ccc(Cl)cc3)cc(-c3cc(OC)c(OC)c(OC)c3-c3ccc(C)cc3-c3cccc(C)c3)c2-c2ccc(OC)c(OC)c2)cc1. The van der Waals surface area contributed by atoms with Crippen molar-refractivity contribution >= 4 is 34.8 Å². The first-order chi connectivity index (χ1) is 31.5. The van der Waals surface area contributed by atoms with Gasteiger partial charge in [0.1, 0.15) is 5.75 Å². The van der Waals surface area contributed by atoms with Gasteiger partial charge < -0.3 is 28.4 Å². The van der Waals surface area contributed by atoms with Crippen LogP contribution < -0.4 is 28.4 Å². The first-order valence-electron chi connectivity index (χ1n) is 20.8. The first-order valence-corrected chi connectivity index (χ1v) is 22.0. The van der Waals surface area contributed by atoms with Gasteiger partial charge in [0.15, 0.2) is 23.0 Å². The summed E-state index contributed by atoms with van der Waals surface area (Å²) in [6, 6.07) is 46.9. The molecule has 8 rings (SSSR count). The Labute approximate surface area is 395 Å². The Morgan fingerprint density at radius 1 is 0.323 bits per heavy atom. The van der Waals surface area contributed by atoms with E-state index in [4.69, 9.17) is 63.2 Å². The second kappa shape index (κ2) is 19.3. The van der Waals surface area contributed by atoms with Crippen molar-refractivity contribution in [2.75, 3.05) is 42.7 Å². The van der Waals surface area contributed by atoms with E-state index in [0.29, 0.717) is 49.6 Å². The second-order valence-electron chi connectivity index (χ2n) is 15.5. The number of ether oxygens (including phenoxy) is 6. The van der Waals surface area contributed by atoms with Crippen LogP contribution in [0.25, 0.3) is 77.9 Å². The third kappa shape index (κ3) is 8.70. The maximum Gasteiger partial charge on any atom is 0.203 e. The molecule has 8 aromatic rings. The molecule has 0 aliphatic rings. The zero-order chi connectivity index (χ0) is 45.9. The summed E-state index contributed by atoms with van der Waals surface area (Å²) < 4.78 is 36.3. The summed E-state index contributed by atoms with van der Waals surface area (Å²) >= 11 is 20.2. The molecule has 0 spiro atoms. The summed E-state index contributed by atoms with van der Waals surface area (Å²) in [6.07, 6.45) is 0. The average molecular weight is 922 g/mol. The number of rotatable bonds is 13. The summed E-state index contributed by atoms with van der Waals surface area (Å²) in [5, 5.41) is 1.46. The molecule has 0 saturated heterocycles. The third-order valence-corrected chi connectivity index (χ3v) is 12.6. The van der Waals surface area contributed by atoms with E-state index >= 15 is 0 Å². The van der Waals surface area contributed by atoms with Crippen molar-refractivity contribution < 1.29 is 28.4 Å². The van der Waals surface area contributed by atoms with Crippen molar-refractivity contribution in [1.29, 1.82) is 0 Å². The minimum atomic E-state index is 0.415. The predicted molar refractivity (Wildman–Crippen MR) is 268 cm³/mol. The average Bonchev–Trinajstić information content (AvgIpc) is 3.33. The summed E-state index contributed by atoms with van der Waals surface area (Å²) in [5.74, 6) is 3.30. The van der Waals surface area contributed by atoms with E-state index in [0.717, 1.165) is 89.0 Å². The van der Waals surface area contributed by atoms with Crippen molar-refractivity contribution in [3.05, 3.63) is 166 Å². The lowest BCUT2D eigenvalue weighted by Crippen LogP contribution is -2.03. The lowest BCUT2D eigenvalue weighted by Gasteiger charge is -2.28. The zero-order valence-electron chi connectivity index (χ0n) is 37.4. The molecule has 328 valence electrons. The molecule has 6 nitrogen and oxygen atoms in total. The normalized spacial score (nSPS) is 11.0. The van der Waals surface area contributed by atoms with Crippen molar-refractivity contribution in [2.45, 2.75) is 13.8 Å². The Balaban J connectivity index is 1.67. The summed E-state index contributed by atoms with van der Waals surface area (Å²) in [5.41, 5.74) is 14.8. The van der Waals surface area contributed by atoms with Gasteiger partial charge in [0.05, 0.1) is 52.7 Å². The largest absolute Gasteiger partial charge is 0.497 e. The van der Waals surface area contributed by atoms with Crippen LogP contribution in [-0.2, 0) is 0 Å². The molecule has 0 amide bonds. The number of hydrogen-bond acceptors (Lipinski definition) is 6. The molecule has 8 aromatic carbocycles. The topological polar surface area (TPSA) is 55.4 Å². The monoisotopic (exact) mass is 920 g/mol. The van der Waals surface area contributed by atoms with Crippen LogP contribution in [-0.4, -0.2) is 42.7 Å². The van der Waals surface area contributed by atoms with Crippen molar-refractivity contribution in [1.82, 2.24) is 0 Å². The molecule has 9 heteroatoms. The number of aryl methyl sites for hydroxylation is 2. The van der Waals surface area contributed by atoms with Crippen LogP contribution in [0.1, 0.15) is 11.1 Å². The van der Waals surface area contributed by atoms with E-state index in [-0.39, 0.29) is 0 Å². The number of hydrogen-bond donors (Lipinski definition) is 0. The highest BCUT2D eigenvalue weighted by Crippen LogP contribution is 2.57. The lowest BCUT2D eigenvalue weighted by molar-refractivity contribution is 0.325. The van der Waals surface area contributed by atoms with Crippen molar-refractivity contribution in [3.8, 4) is 112 Å². The molecule has 0 heterocycles. The fraction of sp³-hybridized carbons (Fsp3) is 0.143. The number of methoxy groups -OCH3 is 6. The van der Waals surface area contributed by atoms with E-state index in [9.17, 15) is 0 Å². The van der Waals surface area contributed by atoms with Crippen LogP contribution in [0.3, 0.4) is 0 Å². The molecule has 0 bridgehead atoms. The Morgan fingerprint density at radius 2 is 0.938 bits per heavy atom. The van der Waals surface area contributed by atoms with Gasteiger partial charge in [-0.15, -0.1) is 0 Å². The molecule has 65 heavy (non-hydrogen) atoms. The van der Waals surface area contributed by atoms with E-state index in [1.807, 2.05) is 72.8 Å². The summed E-state index contributed by atoms with van der Waals surface area (Å²) in [4.78, 5) is 0. The van der Waals surface area contributed by atoms with Crippen LogP contribution >= 0.6 is 34.8 Å². The van der Waals surface area contributed by atoms with Gasteiger partial charge in [0, 0.05) is 10.6 Å². The minimum Gasteiger partial charge on any atom is -0.497 e. The number of benzene rings is 8. The maximum atomic E-state index is 6.91. The molecule has 0 N–H and O–H groups in total. The van der Waals surface area contributed by atoms with Crippen LogP contribution in [0.4, 0.5) is 0 Å². The van der Waals surface area contributed by atoms with Crippen LogP contribution in [0.2, 0.25) is 15.1 Å². The van der Waals surface area contributed by atoms with Gasteiger partial charge >= 0.3 is 0 Å². The third-order valence-electron chi connectivity index (χ3n) is 11.6. The van der Waals surface area contributed by atoms with Gasteiger partial charge in [0.25, 0.3) is 0 Å². The van der Waals surface area contributed by atoms with E-state index < -0.39 is 0 Å². The highest BCUT2D eigenvalue weighted by Gasteiger charge is 2.31. The van der Waals surface area contributed by atoms with Crippen LogP contribution in [0.5, 0.6) is 34.5 Å². The fourth-order valence-corrected chi connectivity index (χ4v) is 9.03. The van der Waals surface area contributed by atoms with Gasteiger partial charge in [-0.25, -0.2) is 0 Å². The molecule has 0 aliphatic carbocycles. The molecule has 0 aromatic heterocycles. The lowest BCUT2D eigenvalue weighted by atomic mass is 9.77. The molecule has 0 atom stereocenters. The Hall–Kier alpha value is -6.57. The smallest absolute Gasteiger partial charge is 0.203 e. The summed E-state index contributed by atoms with van der Waals surface area (Å²) in [6.45, 7) is 4.21. The molecule has 0 unspecified atom stereocenters. The van der Waals surface area contributed by atoms with E-state index in [1.165, 1.54) is 0 Å². The van der Waals surface area contributed by atoms with Crippen LogP contribution in [0, 0.1) is 13.8 Å². The quantitative estimate of drug-likeness (QED) is 0.115. The van der Waals surface area contributed by atoms with Crippen LogP contribution in [0.15, 0.2) is 140 Å². The van der Waals surface area contributed by atoms with E-state index in [2.05, 4.69) is 80.6 Å². The maximum absolute atomic E-state index is 6.91. The van der Waals surface area contributed by atoms with Gasteiger partial charge in [-0.1, -0.05) is 125 Å². The Morgan fingerprint density at radius 3 is 1.58 bits per heavy atom. The minimum absolute atomic E-state index is 0.415. The first kappa shape index (κ1) is 45.0. The van der Waals surface area contributed by atoms with Gasteiger partial charge in [-0.2, -0.15) is 0 Å². The Bertz CT molecular complexity index is 3050. The number of halogens is 3. The van der Waals surface area contributed by atoms with Crippen molar-refractivity contribution in [2.24, 2.45) is 0 Å². The molecule has 0 fully saturated rings. The van der Waals surface area contributed by atoms with Gasteiger partial charge in [-0.3, -0.25) is 0 Å². The molecular formula is C56H47Cl3O6. The van der Waals surface area contributed by atoms with Crippen molar-refractivity contribution in [3.63, 3.8) is 0 Å². The van der Waals surface area contributed by atoms with Gasteiger partial charge in [-0.05, 0) is 147 Å². The zero-order valence-corrected chi connectivity index (χ0v) is 39.6. The van der Waals surface area contributed by atoms with E-state index in [1.54, 1.807) is 42.7 Å². The molecule has 0 radical (unpaired) electrons. The highest BCUT2D eigenvalue weighted by molar-refractivity contribution is 6.42. The highest BCUT2D eigenvalue weighted by atomic mass is 35.5. The van der Waals surface area contributed by atoms with Gasteiger partial charge in [0.2, 0.25) is 5.75 Å². The molecular weight excluding hydrogens is 875 g/mol. The fourth-order valence-electron chi connectivity index (χ4n) is 8.61. The Kier molecular flexibility index (Phi) is 13.3. The predicted octanol–water partition coefficient (Wildman–Crippen LogP) is 16.0. The molecule has 0 aliphatic heterocycles. The standard InChI is InChI=1S/C56H47Cl3O6/c1-32-10-9-11-36(26-32)42-27-33(2)12-23-41(42)54-45(31-50(63-6)55(64-7)56(54)65-8)44-30-43(34-13-19-39(57)20-14-34)51(37-17-24-46(58)47(59)28-37)53(35-15-21-40(60-3)22-16-35)52(44)38-18-25-48(61-4)49(29-38)62-5/h9-31H,1-8H3. The molecule has 0 saturated carbocycles.